The third-order valence-corrected chi connectivity index (χ3v) is 5.44. The molecule has 104 valence electrons. The molecule has 1 saturated heterocycles. The second kappa shape index (κ2) is 5.58. The van der Waals surface area contributed by atoms with Crippen LogP contribution in [-0.2, 0) is 9.84 Å². The normalized spacial score (nSPS) is 19.1. The van der Waals surface area contributed by atoms with Crippen LogP contribution >= 0.6 is 15.9 Å². The molecule has 2 rings (SSSR count). The van der Waals surface area contributed by atoms with Crippen LogP contribution in [0.1, 0.15) is 23.2 Å². The maximum atomic E-state index is 12.9. The number of sulfone groups is 1. The van der Waals surface area contributed by atoms with Crippen LogP contribution in [0, 0.1) is 5.82 Å². The maximum Gasteiger partial charge on any atom is 0.252 e. The van der Waals surface area contributed by atoms with Crippen LogP contribution < -0.4 is 5.32 Å². The monoisotopic (exact) mass is 349 g/mol. The SMILES string of the molecule is O=C(NC1CCS(=O)(=O)CC1)c1ccc(F)cc1Br. The first-order valence-corrected chi connectivity index (χ1v) is 8.45. The molecule has 7 heteroatoms. The van der Waals surface area contributed by atoms with E-state index in [2.05, 4.69) is 21.2 Å². The molecule has 0 spiro atoms. The number of carbonyl (C=O) groups is 1. The second-order valence-corrected chi connectivity index (χ2v) is 7.68. The van der Waals surface area contributed by atoms with Gasteiger partial charge in [-0.05, 0) is 47.0 Å². The van der Waals surface area contributed by atoms with E-state index in [0.29, 0.717) is 22.9 Å². The molecule has 0 saturated carbocycles. The molecule has 1 N–H and O–H groups in total. The van der Waals surface area contributed by atoms with Gasteiger partial charge in [0.1, 0.15) is 15.7 Å². The topological polar surface area (TPSA) is 63.2 Å². The van der Waals surface area contributed by atoms with Gasteiger partial charge in [0.05, 0.1) is 17.1 Å². The van der Waals surface area contributed by atoms with E-state index < -0.39 is 15.7 Å². The van der Waals surface area contributed by atoms with Crippen molar-refractivity contribution in [3.05, 3.63) is 34.1 Å². The van der Waals surface area contributed by atoms with Crippen LogP contribution in [0.5, 0.6) is 0 Å². The van der Waals surface area contributed by atoms with Gasteiger partial charge in [-0.3, -0.25) is 4.79 Å². The van der Waals surface area contributed by atoms with Crippen LogP contribution in [0.25, 0.3) is 0 Å². The summed E-state index contributed by atoms with van der Waals surface area (Å²) in [5.41, 5.74) is 0.342. The number of halogens is 2. The van der Waals surface area contributed by atoms with Crippen LogP contribution in [0.3, 0.4) is 0 Å². The first-order chi connectivity index (χ1) is 8.87. The quantitative estimate of drug-likeness (QED) is 0.886. The second-order valence-electron chi connectivity index (χ2n) is 4.52. The van der Waals surface area contributed by atoms with E-state index in [-0.39, 0.29) is 23.5 Å². The van der Waals surface area contributed by atoms with Crippen molar-refractivity contribution in [1.82, 2.24) is 5.32 Å². The fourth-order valence-electron chi connectivity index (χ4n) is 1.97. The fraction of sp³-hybridized carbons (Fsp3) is 0.417. The molecular weight excluding hydrogens is 337 g/mol. The molecule has 1 aliphatic heterocycles. The molecule has 1 amide bonds. The molecular formula is C12H13BrFNO3S. The number of hydrogen-bond donors (Lipinski definition) is 1. The molecule has 0 aromatic heterocycles. The first kappa shape index (κ1) is 14.5. The van der Waals surface area contributed by atoms with Crippen molar-refractivity contribution in [2.45, 2.75) is 18.9 Å². The standard InChI is InChI=1S/C12H13BrFNO3S/c13-11-7-8(14)1-2-10(11)12(16)15-9-3-5-19(17,18)6-4-9/h1-2,7,9H,3-6H2,(H,15,16). The lowest BCUT2D eigenvalue weighted by Gasteiger charge is -2.23. The summed E-state index contributed by atoms with van der Waals surface area (Å²) in [6, 6.07) is 3.69. The van der Waals surface area contributed by atoms with E-state index in [0.717, 1.165) is 0 Å². The lowest BCUT2D eigenvalue weighted by molar-refractivity contribution is 0.0933. The summed E-state index contributed by atoms with van der Waals surface area (Å²) in [5, 5.41) is 2.78. The summed E-state index contributed by atoms with van der Waals surface area (Å²) < 4.78 is 35.9. The summed E-state index contributed by atoms with van der Waals surface area (Å²) in [7, 11) is -2.94. The minimum absolute atomic E-state index is 0.0997. The summed E-state index contributed by atoms with van der Waals surface area (Å²) in [6.45, 7) is 0. The largest absolute Gasteiger partial charge is 0.349 e. The summed E-state index contributed by atoms with van der Waals surface area (Å²) in [5.74, 6) is -0.547. The van der Waals surface area contributed by atoms with Crippen molar-refractivity contribution in [3.63, 3.8) is 0 Å². The van der Waals surface area contributed by atoms with Gasteiger partial charge in [0.25, 0.3) is 5.91 Å². The highest BCUT2D eigenvalue weighted by atomic mass is 79.9. The van der Waals surface area contributed by atoms with Gasteiger partial charge < -0.3 is 5.32 Å². The molecule has 1 aliphatic rings. The average Bonchev–Trinajstić information content (AvgIpc) is 2.31. The highest BCUT2D eigenvalue weighted by Crippen LogP contribution is 2.19. The Labute approximate surface area is 119 Å². The van der Waals surface area contributed by atoms with E-state index in [1.54, 1.807) is 0 Å². The lowest BCUT2D eigenvalue weighted by atomic mass is 10.1. The Balaban J connectivity index is 2.02. The Kier molecular flexibility index (Phi) is 4.25. The number of amides is 1. The number of rotatable bonds is 2. The van der Waals surface area contributed by atoms with Crippen molar-refractivity contribution < 1.29 is 17.6 Å². The van der Waals surface area contributed by atoms with Gasteiger partial charge in [-0.25, -0.2) is 12.8 Å². The first-order valence-electron chi connectivity index (χ1n) is 5.84. The van der Waals surface area contributed by atoms with E-state index in [9.17, 15) is 17.6 Å². The Morgan fingerprint density at radius 2 is 1.95 bits per heavy atom. The fourth-order valence-corrected chi connectivity index (χ4v) is 3.99. The summed E-state index contributed by atoms with van der Waals surface area (Å²) in [4.78, 5) is 12.0. The number of hydrogen-bond acceptors (Lipinski definition) is 3. The molecule has 1 fully saturated rings. The molecule has 19 heavy (non-hydrogen) atoms. The van der Waals surface area contributed by atoms with Crippen LogP contribution in [0.4, 0.5) is 4.39 Å². The van der Waals surface area contributed by atoms with Gasteiger partial charge in [-0.1, -0.05) is 0 Å². The predicted octanol–water partition coefficient (Wildman–Crippen LogP) is 1.90. The minimum Gasteiger partial charge on any atom is -0.349 e. The predicted molar refractivity (Wildman–Crippen MR) is 73.2 cm³/mol. The molecule has 0 aliphatic carbocycles. The smallest absolute Gasteiger partial charge is 0.252 e. The highest BCUT2D eigenvalue weighted by Gasteiger charge is 2.25. The van der Waals surface area contributed by atoms with E-state index in [1.807, 2.05) is 0 Å². The van der Waals surface area contributed by atoms with E-state index >= 15 is 0 Å². The number of nitrogens with one attached hydrogen (secondary N) is 1. The molecule has 1 aromatic carbocycles. The van der Waals surface area contributed by atoms with Gasteiger partial charge in [0, 0.05) is 10.5 Å². The molecule has 0 bridgehead atoms. The molecule has 0 atom stereocenters. The zero-order valence-electron chi connectivity index (χ0n) is 10.0. The zero-order valence-corrected chi connectivity index (χ0v) is 12.4. The Morgan fingerprint density at radius 3 is 2.53 bits per heavy atom. The highest BCUT2D eigenvalue weighted by molar-refractivity contribution is 9.10. The van der Waals surface area contributed by atoms with E-state index in [1.165, 1.54) is 18.2 Å². The van der Waals surface area contributed by atoms with Gasteiger partial charge in [0.15, 0.2) is 0 Å². The molecule has 0 radical (unpaired) electrons. The van der Waals surface area contributed by atoms with Gasteiger partial charge in [-0.2, -0.15) is 0 Å². The summed E-state index contributed by atoms with van der Waals surface area (Å²) in [6.07, 6.45) is 0.847. The number of carbonyl (C=O) groups excluding carboxylic acids is 1. The summed E-state index contributed by atoms with van der Waals surface area (Å²) >= 11 is 3.13. The van der Waals surface area contributed by atoms with Crippen LogP contribution in [0.2, 0.25) is 0 Å². The third kappa shape index (κ3) is 3.76. The van der Waals surface area contributed by atoms with Crippen molar-refractivity contribution in [1.29, 1.82) is 0 Å². The van der Waals surface area contributed by atoms with Crippen LogP contribution in [-0.4, -0.2) is 31.9 Å². The minimum atomic E-state index is -2.94. The van der Waals surface area contributed by atoms with Crippen molar-refractivity contribution in [3.8, 4) is 0 Å². The van der Waals surface area contributed by atoms with Gasteiger partial charge in [-0.15, -0.1) is 0 Å². The molecule has 0 unspecified atom stereocenters. The number of benzene rings is 1. The maximum absolute atomic E-state index is 12.9. The average molecular weight is 350 g/mol. The third-order valence-electron chi connectivity index (χ3n) is 3.07. The Morgan fingerprint density at radius 1 is 1.32 bits per heavy atom. The van der Waals surface area contributed by atoms with Crippen molar-refractivity contribution in [2.24, 2.45) is 0 Å². The Bertz CT molecular complexity index is 589. The van der Waals surface area contributed by atoms with E-state index in [4.69, 9.17) is 0 Å². The lowest BCUT2D eigenvalue weighted by Crippen LogP contribution is -2.40. The zero-order chi connectivity index (χ0) is 14.0. The molecule has 1 aromatic rings. The van der Waals surface area contributed by atoms with Crippen LogP contribution in [0.15, 0.2) is 22.7 Å². The Hall–Kier alpha value is -0.950. The van der Waals surface area contributed by atoms with Gasteiger partial charge >= 0.3 is 0 Å². The molecule has 1 heterocycles. The molecule has 4 nitrogen and oxygen atoms in total. The van der Waals surface area contributed by atoms with Crippen molar-refractivity contribution in [2.75, 3.05) is 11.5 Å². The van der Waals surface area contributed by atoms with Gasteiger partial charge in [0.2, 0.25) is 0 Å². The van der Waals surface area contributed by atoms with Crippen molar-refractivity contribution >= 4 is 31.7 Å².